The summed E-state index contributed by atoms with van der Waals surface area (Å²) < 4.78 is 6.45. The maximum Gasteiger partial charge on any atom is 0.249 e. The van der Waals surface area contributed by atoms with Crippen LogP contribution in [0.5, 0.6) is 5.88 Å². The summed E-state index contributed by atoms with van der Waals surface area (Å²) in [6, 6.07) is 2.95. The molecule has 8 nitrogen and oxygen atoms in total. The van der Waals surface area contributed by atoms with E-state index in [-0.39, 0.29) is 11.8 Å². The first-order chi connectivity index (χ1) is 10.2. The van der Waals surface area contributed by atoms with Crippen molar-refractivity contribution in [2.24, 2.45) is 5.92 Å². The quantitative estimate of drug-likeness (QED) is 0.861. The van der Waals surface area contributed by atoms with Crippen LogP contribution in [0.25, 0.3) is 0 Å². The number of carbonyl (C=O) groups excluding carboxylic acids is 1. The van der Waals surface area contributed by atoms with E-state index < -0.39 is 6.04 Å². The number of ether oxygens (including phenoxy) is 1. The van der Waals surface area contributed by atoms with Gasteiger partial charge in [-0.05, 0) is 22.4 Å². The van der Waals surface area contributed by atoms with Crippen molar-refractivity contribution in [1.82, 2.24) is 25.2 Å². The van der Waals surface area contributed by atoms with E-state index >= 15 is 0 Å². The number of anilines is 1. The van der Waals surface area contributed by atoms with Gasteiger partial charge in [0.1, 0.15) is 12.4 Å². The molecule has 0 bridgehead atoms. The van der Waals surface area contributed by atoms with E-state index in [2.05, 4.69) is 25.8 Å². The molecular weight excluding hydrogens is 272 g/mol. The first kappa shape index (κ1) is 14.9. The van der Waals surface area contributed by atoms with Crippen molar-refractivity contribution in [2.45, 2.75) is 26.3 Å². The summed E-state index contributed by atoms with van der Waals surface area (Å²) >= 11 is 0. The molecule has 0 aliphatic carbocycles. The molecule has 21 heavy (non-hydrogen) atoms. The SMILES string of the molecule is CC[C@H](C)[C@@H](C(=O)Nc1ccc(OC)nc1)n1cnnn1. The minimum absolute atomic E-state index is 0.0970. The van der Waals surface area contributed by atoms with Gasteiger partial charge in [-0.15, -0.1) is 5.10 Å². The Hall–Kier alpha value is -2.51. The summed E-state index contributed by atoms with van der Waals surface area (Å²) in [6.45, 7) is 4.00. The number of nitrogens with zero attached hydrogens (tertiary/aromatic N) is 5. The minimum Gasteiger partial charge on any atom is -0.481 e. The lowest BCUT2D eigenvalue weighted by Gasteiger charge is -2.21. The van der Waals surface area contributed by atoms with E-state index in [0.717, 1.165) is 6.42 Å². The molecule has 0 saturated heterocycles. The largest absolute Gasteiger partial charge is 0.481 e. The molecular formula is C13H18N6O2. The number of hydrogen-bond donors (Lipinski definition) is 1. The van der Waals surface area contributed by atoms with E-state index in [1.54, 1.807) is 18.3 Å². The van der Waals surface area contributed by atoms with Crippen molar-refractivity contribution in [3.8, 4) is 5.88 Å². The predicted octanol–water partition coefficient (Wildman–Crippen LogP) is 1.30. The van der Waals surface area contributed by atoms with Gasteiger partial charge in [-0.1, -0.05) is 20.3 Å². The Morgan fingerprint density at radius 2 is 2.29 bits per heavy atom. The first-order valence-electron chi connectivity index (χ1n) is 6.69. The predicted molar refractivity (Wildman–Crippen MR) is 75.7 cm³/mol. The zero-order chi connectivity index (χ0) is 15.2. The molecule has 2 aromatic rings. The molecule has 0 unspecified atom stereocenters. The molecule has 0 aliphatic rings. The molecule has 2 rings (SSSR count). The van der Waals surface area contributed by atoms with Crippen LogP contribution in [-0.4, -0.2) is 38.2 Å². The third kappa shape index (κ3) is 3.53. The van der Waals surface area contributed by atoms with Crippen molar-refractivity contribution in [3.63, 3.8) is 0 Å². The topological polar surface area (TPSA) is 94.8 Å². The van der Waals surface area contributed by atoms with E-state index in [4.69, 9.17) is 4.74 Å². The van der Waals surface area contributed by atoms with Crippen LogP contribution in [0, 0.1) is 5.92 Å². The standard InChI is InChI=1S/C13H18N6O2/c1-4-9(2)12(19-8-15-17-18-19)13(20)16-10-5-6-11(21-3)14-7-10/h5-9,12H,4H2,1-3H3,(H,16,20)/t9-,12-/m0/s1. The lowest BCUT2D eigenvalue weighted by Crippen LogP contribution is -2.31. The highest BCUT2D eigenvalue weighted by Gasteiger charge is 2.27. The van der Waals surface area contributed by atoms with Gasteiger partial charge in [0.05, 0.1) is 19.0 Å². The summed E-state index contributed by atoms with van der Waals surface area (Å²) in [5.41, 5.74) is 0.599. The van der Waals surface area contributed by atoms with Gasteiger partial charge in [0, 0.05) is 6.07 Å². The zero-order valence-electron chi connectivity index (χ0n) is 12.2. The highest BCUT2D eigenvalue weighted by atomic mass is 16.5. The molecule has 2 atom stereocenters. The smallest absolute Gasteiger partial charge is 0.249 e. The van der Waals surface area contributed by atoms with Gasteiger partial charge in [-0.3, -0.25) is 4.79 Å². The number of tetrazole rings is 1. The van der Waals surface area contributed by atoms with Gasteiger partial charge in [0.15, 0.2) is 0 Å². The Morgan fingerprint density at radius 1 is 1.48 bits per heavy atom. The third-order valence-electron chi connectivity index (χ3n) is 3.31. The van der Waals surface area contributed by atoms with E-state index in [1.165, 1.54) is 18.1 Å². The molecule has 0 aromatic carbocycles. The number of nitrogens with one attached hydrogen (secondary N) is 1. The van der Waals surface area contributed by atoms with E-state index in [9.17, 15) is 4.79 Å². The summed E-state index contributed by atoms with van der Waals surface area (Å²) in [7, 11) is 1.54. The van der Waals surface area contributed by atoms with Crippen LogP contribution >= 0.6 is 0 Å². The van der Waals surface area contributed by atoms with Crippen molar-refractivity contribution < 1.29 is 9.53 Å². The Balaban J connectivity index is 2.14. The van der Waals surface area contributed by atoms with Crippen LogP contribution in [0.15, 0.2) is 24.7 Å². The van der Waals surface area contributed by atoms with Crippen molar-refractivity contribution >= 4 is 11.6 Å². The van der Waals surface area contributed by atoms with Gasteiger partial charge in [0.2, 0.25) is 11.8 Å². The molecule has 2 heterocycles. The van der Waals surface area contributed by atoms with Crippen molar-refractivity contribution in [2.75, 3.05) is 12.4 Å². The van der Waals surface area contributed by atoms with Crippen LogP contribution in [0.3, 0.4) is 0 Å². The number of amides is 1. The van der Waals surface area contributed by atoms with Crippen LogP contribution in [0.4, 0.5) is 5.69 Å². The van der Waals surface area contributed by atoms with E-state index in [0.29, 0.717) is 11.6 Å². The Morgan fingerprint density at radius 3 is 2.81 bits per heavy atom. The monoisotopic (exact) mass is 290 g/mol. The maximum absolute atomic E-state index is 12.5. The molecule has 112 valence electrons. The molecule has 1 amide bonds. The van der Waals surface area contributed by atoms with Crippen molar-refractivity contribution in [1.29, 1.82) is 0 Å². The number of carbonyl (C=O) groups is 1. The van der Waals surface area contributed by atoms with Crippen LogP contribution < -0.4 is 10.1 Å². The first-order valence-corrected chi connectivity index (χ1v) is 6.69. The second-order valence-electron chi connectivity index (χ2n) is 4.70. The summed E-state index contributed by atoms with van der Waals surface area (Å²) in [5.74, 6) is 0.412. The van der Waals surface area contributed by atoms with Crippen LogP contribution in [0.1, 0.15) is 26.3 Å². The van der Waals surface area contributed by atoms with Gasteiger partial charge in [0.25, 0.3) is 0 Å². The highest BCUT2D eigenvalue weighted by Crippen LogP contribution is 2.22. The number of rotatable bonds is 6. The lowest BCUT2D eigenvalue weighted by molar-refractivity contribution is -0.121. The Labute approximate surface area is 122 Å². The normalized spacial score (nSPS) is 13.5. The summed E-state index contributed by atoms with van der Waals surface area (Å²) in [4.78, 5) is 16.5. The molecule has 0 fully saturated rings. The molecule has 0 spiro atoms. The molecule has 2 aromatic heterocycles. The van der Waals surface area contributed by atoms with E-state index in [1.807, 2.05) is 13.8 Å². The molecule has 1 N–H and O–H groups in total. The van der Waals surface area contributed by atoms with Crippen LogP contribution in [-0.2, 0) is 4.79 Å². The van der Waals surface area contributed by atoms with Crippen molar-refractivity contribution in [3.05, 3.63) is 24.7 Å². The van der Waals surface area contributed by atoms with Gasteiger partial charge < -0.3 is 10.1 Å². The summed E-state index contributed by atoms with van der Waals surface area (Å²) in [5, 5.41) is 13.8. The molecule has 0 saturated carbocycles. The fraction of sp³-hybridized carbons (Fsp3) is 0.462. The van der Waals surface area contributed by atoms with Crippen LogP contribution in [0.2, 0.25) is 0 Å². The number of pyridine rings is 1. The second kappa shape index (κ2) is 6.78. The number of aromatic nitrogens is 5. The molecule has 8 heteroatoms. The zero-order valence-corrected chi connectivity index (χ0v) is 12.2. The van der Waals surface area contributed by atoms with Gasteiger partial charge in [-0.2, -0.15) is 0 Å². The number of methoxy groups -OCH3 is 1. The third-order valence-corrected chi connectivity index (χ3v) is 3.31. The molecule has 0 aliphatic heterocycles. The number of hydrogen-bond acceptors (Lipinski definition) is 6. The average Bonchev–Trinajstić information content (AvgIpc) is 3.02. The fourth-order valence-corrected chi connectivity index (χ4v) is 1.95. The summed E-state index contributed by atoms with van der Waals surface area (Å²) in [6.07, 6.45) is 3.82. The second-order valence-corrected chi connectivity index (χ2v) is 4.70. The Kier molecular flexibility index (Phi) is 4.81. The highest BCUT2D eigenvalue weighted by molar-refractivity contribution is 5.93. The Bertz CT molecular complexity index is 569. The average molecular weight is 290 g/mol. The lowest BCUT2D eigenvalue weighted by atomic mass is 9.98. The minimum atomic E-state index is -0.466. The van der Waals surface area contributed by atoms with Gasteiger partial charge in [-0.25, -0.2) is 9.67 Å². The van der Waals surface area contributed by atoms with Gasteiger partial charge >= 0.3 is 0 Å². The molecule has 0 radical (unpaired) electrons. The maximum atomic E-state index is 12.5. The fourth-order valence-electron chi connectivity index (χ4n) is 1.95.